The largest absolute Gasteiger partial charge is 0.494 e. The molecule has 2 aromatic carbocycles. The molecule has 2 fully saturated rings. The van der Waals surface area contributed by atoms with Crippen LogP contribution in [0, 0.1) is 11.8 Å². The molecule has 0 saturated heterocycles. The van der Waals surface area contributed by atoms with Crippen LogP contribution >= 0.6 is 0 Å². The van der Waals surface area contributed by atoms with E-state index >= 15 is 0 Å². The Morgan fingerprint density at radius 3 is 1.21 bits per heavy atom. The van der Waals surface area contributed by atoms with Gasteiger partial charge in [-0.3, -0.25) is 0 Å². The molecule has 2 aliphatic rings. The molecule has 0 heterocycles. The van der Waals surface area contributed by atoms with Gasteiger partial charge in [-0.15, -0.1) is 0 Å². The summed E-state index contributed by atoms with van der Waals surface area (Å²) in [6.07, 6.45) is 16.2. The Labute approximate surface area is 208 Å². The molecule has 2 saturated carbocycles. The van der Waals surface area contributed by atoms with Gasteiger partial charge in [-0.2, -0.15) is 0 Å². The minimum Gasteiger partial charge on any atom is -0.494 e. The third-order valence-electron chi connectivity index (χ3n) is 8.33. The Morgan fingerprint density at radius 2 is 0.882 bits per heavy atom. The van der Waals surface area contributed by atoms with Crippen LogP contribution in [0.25, 0.3) is 0 Å². The summed E-state index contributed by atoms with van der Waals surface area (Å²) in [5, 5.41) is 0. The van der Waals surface area contributed by atoms with Crippen molar-refractivity contribution in [1.82, 2.24) is 0 Å². The standard InChI is InChI=1S/C32H46O2/c1-3-23-33-31-19-15-29(16-20-31)27-11-7-25(8-12-27)5-6-26-9-13-28(14-10-26)30-17-21-32(22-18-30)34-24-4-2/h15-22,25-28H,3-14,23-24H2,1-2H3. The molecule has 0 aromatic heterocycles. The SMILES string of the molecule is CCCOc1ccc(C2CCC(CCC3CCC(c4ccc(OCCC)cc4)CC3)CC2)cc1. The number of hydrogen-bond donors (Lipinski definition) is 0. The molecule has 0 unspecified atom stereocenters. The molecule has 4 rings (SSSR count). The minimum absolute atomic E-state index is 0.755. The smallest absolute Gasteiger partial charge is 0.119 e. The lowest BCUT2D eigenvalue weighted by Gasteiger charge is -2.32. The Morgan fingerprint density at radius 1 is 0.529 bits per heavy atom. The molecule has 0 spiro atoms. The van der Waals surface area contributed by atoms with E-state index in [0.29, 0.717) is 0 Å². The highest BCUT2D eigenvalue weighted by Crippen LogP contribution is 2.41. The summed E-state index contributed by atoms with van der Waals surface area (Å²) in [6.45, 7) is 5.94. The first-order chi connectivity index (χ1) is 16.7. The normalized spacial score (nSPS) is 25.1. The Hall–Kier alpha value is -1.96. The highest BCUT2D eigenvalue weighted by Gasteiger charge is 2.26. The van der Waals surface area contributed by atoms with E-state index in [4.69, 9.17) is 9.47 Å². The lowest BCUT2D eigenvalue weighted by atomic mass is 9.73. The maximum atomic E-state index is 5.75. The molecule has 2 nitrogen and oxygen atoms in total. The van der Waals surface area contributed by atoms with Gasteiger partial charge in [-0.1, -0.05) is 51.0 Å². The molecule has 0 aliphatic heterocycles. The predicted octanol–water partition coefficient (Wildman–Crippen LogP) is 9.29. The molecule has 0 N–H and O–H groups in total. The van der Waals surface area contributed by atoms with E-state index in [9.17, 15) is 0 Å². The second-order valence-corrected chi connectivity index (χ2v) is 10.8. The first-order valence-electron chi connectivity index (χ1n) is 14.2. The fourth-order valence-corrected chi connectivity index (χ4v) is 6.15. The monoisotopic (exact) mass is 462 g/mol. The van der Waals surface area contributed by atoms with Crippen LogP contribution in [-0.4, -0.2) is 13.2 Å². The molecule has 34 heavy (non-hydrogen) atoms. The summed E-state index contributed by atoms with van der Waals surface area (Å²) in [6, 6.07) is 17.9. The van der Waals surface area contributed by atoms with Gasteiger partial charge >= 0.3 is 0 Å². The Kier molecular flexibility index (Phi) is 9.77. The Balaban J connectivity index is 1.13. The second-order valence-electron chi connectivity index (χ2n) is 10.8. The number of ether oxygens (including phenoxy) is 2. The van der Waals surface area contributed by atoms with Crippen LogP contribution in [0.1, 0.15) is 114 Å². The maximum Gasteiger partial charge on any atom is 0.119 e. The zero-order valence-corrected chi connectivity index (χ0v) is 21.6. The molecule has 2 aromatic rings. The highest BCUT2D eigenvalue weighted by atomic mass is 16.5. The molecule has 2 heteroatoms. The molecule has 0 amide bonds. The van der Waals surface area contributed by atoms with Gasteiger partial charge in [0, 0.05) is 0 Å². The summed E-state index contributed by atoms with van der Waals surface area (Å²) < 4.78 is 11.5. The average Bonchev–Trinajstić information content (AvgIpc) is 2.91. The van der Waals surface area contributed by atoms with Crippen LogP contribution in [-0.2, 0) is 0 Å². The zero-order chi connectivity index (χ0) is 23.6. The second kappa shape index (κ2) is 13.2. The number of hydrogen-bond acceptors (Lipinski definition) is 2. The summed E-state index contributed by atoms with van der Waals surface area (Å²) in [5.41, 5.74) is 3.04. The van der Waals surface area contributed by atoms with Crippen LogP contribution in [0.15, 0.2) is 48.5 Å². The van der Waals surface area contributed by atoms with Gasteiger partial charge in [0.1, 0.15) is 11.5 Å². The molecular formula is C32H46O2. The lowest BCUT2D eigenvalue weighted by molar-refractivity contribution is 0.252. The van der Waals surface area contributed by atoms with E-state index in [1.165, 1.54) is 75.3 Å². The van der Waals surface area contributed by atoms with Crippen LogP contribution in [0.4, 0.5) is 0 Å². The molecular weight excluding hydrogens is 416 g/mol. The van der Waals surface area contributed by atoms with Crippen molar-refractivity contribution < 1.29 is 9.47 Å². The summed E-state index contributed by atoms with van der Waals surface area (Å²) >= 11 is 0. The van der Waals surface area contributed by atoms with Crippen molar-refractivity contribution in [2.24, 2.45) is 11.8 Å². The van der Waals surface area contributed by atoms with Crippen molar-refractivity contribution >= 4 is 0 Å². The van der Waals surface area contributed by atoms with Gasteiger partial charge in [0.25, 0.3) is 0 Å². The van der Waals surface area contributed by atoms with E-state index in [-0.39, 0.29) is 0 Å². The lowest BCUT2D eigenvalue weighted by Crippen LogP contribution is -2.17. The molecule has 0 bridgehead atoms. The van der Waals surface area contributed by atoms with Gasteiger partial charge in [-0.25, -0.2) is 0 Å². The van der Waals surface area contributed by atoms with Crippen molar-refractivity contribution in [3.63, 3.8) is 0 Å². The van der Waals surface area contributed by atoms with E-state index in [0.717, 1.165) is 61.2 Å². The number of benzene rings is 2. The van der Waals surface area contributed by atoms with Gasteiger partial charge in [0.15, 0.2) is 0 Å². The van der Waals surface area contributed by atoms with Crippen LogP contribution in [0.2, 0.25) is 0 Å². The summed E-state index contributed by atoms with van der Waals surface area (Å²) in [5.74, 6) is 5.46. The molecule has 2 aliphatic carbocycles. The van der Waals surface area contributed by atoms with Crippen LogP contribution < -0.4 is 9.47 Å². The first kappa shape index (κ1) is 25.1. The average molecular weight is 463 g/mol. The van der Waals surface area contributed by atoms with Gasteiger partial charge in [-0.05, 0) is 123 Å². The number of rotatable bonds is 11. The molecule has 0 radical (unpaired) electrons. The quantitative estimate of drug-likeness (QED) is 0.331. The summed E-state index contributed by atoms with van der Waals surface area (Å²) in [7, 11) is 0. The Bertz CT molecular complexity index is 738. The van der Waals surface area contributed by atoms with Crippen molar-refractivity contribution in [1.29, 1.82) is 0 Å². The zero-order valence-electron chi connectivity index (χ0n) is 21.6. The van der Waals surface area contributed by atoms with Crippen LogP contribution in [0.3, 0.4) is 0 Å². The van der Waals surface area contributed by atoms with E-state index in [1.54, 1.807) is 0 Å². The van der Waals surface area contributed by atoms with Gasteiger partial charge in [0.2, 0.25) is 0 Å². The summed E-state index contributed by atoms with van der Waals surface area (Å²) in [4.78, 5) is 0. The highest BCUT2D eigenvalue weighted by molar-refractivity contribution is 5.30. The van der Waals surface area contributed by atoms with Gasteiger partial charge < -0.3 is 9.47 Å². The molecule has 186 valence electrons. The van der Waals surface area contributed by atoms with Crippen molar-refractivity contribution in [2.45, 2.75) is 103 Å². The van der Waals surface area contributed by atoms with E-state index < -0.39 is 0 Å². The van der Waals surface area contributed by atoms with E-state index in [2.05, 4.69) is 62.4 Å². The van der Waals surface area contributed by atoms with E-state index in [1.807, 2.05) is 0 Å². The maximum absolute atomic E-state index is 5.75. The van der Waals surface area contributed by atoms with Crippen molar-refractivity contribution in [3.05, 3.63) is 59.7 Å². The minimum atomic E-state index is 0.755. The molecule has 0 atom stereocenters. The van der Waals surface area contributed by atoms with Crippen molar-refractivity contribution in [3.8, 4) is 11.5 Å². The van der Waals surface area contributed by atoms with Crippen LogP contribution in [0.5, 0.6) is 11.5 Å². The third-order valence-corrected chi connectivity index (χ3v) is 8.33. The predicted molar refractivity (Wildman–Crippen MR) is 143 cm³/mol. The topological polar surface area (TPSA) is 18.5 Å². The third kappa shape index (κ3) is 7.27. The fraction of sp³-hybridized carbons (Fsp3) is 0.625. The van der Waals surface area contributed by atoms with Gasteiger partial charge in [0.05, 0.1) is 13.2 Å². The van der Waals surface area contributed by atoms with Crippen molar-refractivity contribution in [2.75, 3.05) is 13.2 Å². The fourth-order valence-electron chi connectivity index (χ4n) is 6.15. The first-order valence-corrected chi connectivity index (χ1v) is 14.2.